The molecule has 5 heterocycles. The van der Waals surface area contributed by atoms with Crippen molar-refractivity contribution in [2.75, 3.05) is 6.54 Å². The van der Waals surface area contributed by atoms with Crippen LogP contribution in [0.2, 0.25) is 0 Å². The van der Waals surface area contributed by atoms with Gasteiger partial charge in [0, 0.05) is 24.9 Å². The van der Waals surface area contributed by atoms with E-state index in [1.807, 2.05) is 30.5 Å². The minimum atomic E-state index is -0.929. The predicted octanol–water partition coefficient (Wildman–Crippen LogP) is 2.94. The minimum Gasteiger partial charge on any atom is -0.434 e. The van der Waals surface area contributed by atoms with Crippen molar-refractivity contribution in [3.63, 3.8) is 0 Å². The van der Waals surface area contributed by atoms with Crippen LogP contribution in [0.1, 0.15) is 59.1 Å². The third kappa shape index (κ3) is 2.99. The molecule has 0 unspecified atom stereocenters. The van der Waals surface area contributed by atoms with Crippen LogP contribution in [0.4, 0.5) is 0 Å². The summed E-state index contributed by atoms with van der Waals surface area (Å²) in [6, 6.07) is 9.49. The van der Waals surface area contributed by atoms with Crippen molar-refractivity contribution in [2.45, 2.75) is 38.6 Å². The van der Waals surface area contributed by atoms with Gasteiger partial charge in [-0.15, -0.1) is 0 Å². The molecule has 5 rings (SSSR count). The van der Waals surface area contributed by atoms with E-state index in [2.05, 4.69) is 21.0 Å². The van der Waals surface area contributed by atoms with E-state index < -0.39 is 11.5 Å². The van der Waals surface area contributed by atoms with Crippen molar-refractivity contribution >= 4 is 11.4 Å². The number of H-pyrrole nitrogens is 1. The van der Waals surface area contributed by atoms with Crippen molar-refractivity contribution < 1.29 is 9.21 Å². The first-order valence-electron chi connectivity index (χ1n) is 10.1. The van der Waals surface area contributed by atoms with Gasteiger partial charge in [0.25, 0.3) is 5.91 Å². The molecular formula is C22H21N7O2. The Hall–Kier alpha value is -3.93. The second kappa shape index (κ2) is 6.80. The summed E-state index contributed by atoms with van der Waals surface area (Å²) in [6.07, 6.45) is 4.17. The van der Waals surface area contributed by atoms with Gasteiger partial charge in [0.2, 0.25) is 11.7 Å². The fraction of sp³-hybridized carbons (Fsp3) is 0.318. The van der Waals surface area contributed by atoms with Crippen molar-refractivity contribution in [3.8, 4) is 6.07 Å². The van der Waals surface area contributed by atoms with Gasteiger partial charge in [0.1, 0.15) is 11.5 Å². The van der Waals surface area contributed by atoms with Crippen LogP contribution in [-0.2, 0) is 11.8 Å². The number of hydrogen-bond acceptors (Lipinski definition) is 6. The Bertz CT molecular complexity index is 1300. The number of nitrogens with zero attached hydrogens (tertiary/aromatic N) is 6. The lowest BCUT2D eigenvalue weighted by molar-refractivity contribution is 0.0650. The van der Waals surface area contributed by atoms with Gasteiger partial charge in [0.05, 0.1) is 35.0 Å². The summed E-state index contributed by atoms with van der Waals surface area (Å²) in [5, 5.41) is 14.1. The molecular weight excluding hydrogens is 394 g/mol. The molecule has 0 spiro atoms. The number of pyridine rings is 1. The number of amides is 1. The zero-order valence-corrected chi connectivity index (χ0v) is 17.5. The normalized spacial score (nSPS) is 16.3. The maximum Gasteiger partial charge on any atom is 0.292 e. The van der Waals surface area contributed by atoms with Crippen LogP contribution >= 0.6 is 0 Å². The molecule has 0 aliphatic carbocycles. The molecule has 0 saturated carbocycles. The molecule has 1 aliphatic heterocycles. The summed E-state index contributed by atoms with van der Waals surface area (Å²) in [5.41, 5.74) is 2.96. The average molecular weight is 415 g/mol. The minimum absolute atomic E-state index is 0.145. The molecule has 4 aromatic rings. The van der Waals surface area contributed by atoms with Crippen LogP contribution in [0.25, 0.3) is 5.52 Å². The molecule has 31 heavy (non-hydrogen) atoms. The highest BCUT2D eigenvalue weighted by Gasteiger charge is 2.39. The number of carbonyl (C=O) groups is 1. The quantitative estimate of drug-likeness (QED) is 0.550. The molecule has 156 valence electrons. The number of aromatic nitrogens is 5. The summed E-state index contributed by atoms with van der Waals surface area (Å²) < 4.78 is 7.60. The van der Waals surface area contributed by atoms with Crippen molar-refractivity contribution in [1.29, 1.82) is 5.26 Å². The molecule has 0 saturated heterocycles. The summed E-state index contributed by atoms with van der Waals surface area (Å²) >= 11 is 0. The van der Waals surface area contributed by atoms with Gasteiger partial charge >= 0.3 is 0 Å². The lowest BCUT2D eigenvalue weighted by Gasteiger charge is -2.33. The number of aryl methyl sites for hydroxylation is 1. The van der Waals surface area contributed by atoms with Crippen LogP contribution in [-0.4, -0.2) is 41.9 Å². The third-order valence-electron chi connectivity index (χ3n) is 5.66. The molecule has 9 heteroatoms. The van der Waals surface area contributed by atoms with E-state index in [1.54, 1.807) is 36.5 Å². The van der Waals surface area contributed by atoms with Crippen LogP contribution in [0.15, 0.2) is 41.2 Å². The summed E-state index contributed by atoms with van der Waals surface area (Å²) in [7, 11) is 0. The second-order valence-corrected chi connectivity index (χ2v) is 8.23. The van der Waals surface area contributed by atoms with Gasteiger partial charge < -0.3 is 14.3 Å². The Labute approximate surface area is 178 Å². The van der Waals surface area contributed by atoms with Crippen LogP contribution in [0.5, 0.6) is 0 Å². The largest absolute Gasteiger partial charge is 0.434 e. The van der Waals surface area contributed by atoms with Gasteiger partial charge in [-0.2, -0.15) is 10.4 Å². The van der Waals surface area contributed by atoms with Crippen molar-refractivity contribution in [2.24, 2.45) is 0 Å². The third-order valence-corrected chi connectivity index (χ3v) is 5.66. The van der Waals surface area contributed by atoms with E-state index in [4.69, 9.17) is 9.52 Å². The molecule has 9 nitrogen and oxygen atoms in total. The van der Waals surface area contributed by atoms with Gasteiger partial charge in [-0.25, -0.2) is 14.5 Å². The fourth-order valence-corrected chi connectivity index (χ4v) is 3.93. The van der Waals surface area contributed by atoms with Gasteiger partial charge in [0.15, 0.2) is 0 Å². The summed E-state index contributed by atoms with van der Waals surface area (Å²) in [4.78, 5) is 27.4. The molecule has 1 aliphatic rings. The lowest BCUT2D eigenvalue weighted by atomic mass is 9.96. The van der Waals surface area contributed by atoms with E-state index in [-0.39, 0.29) is 17.6 Å². The molecule has 0 bridgehead atoms. The standard InChI is InChI=1S/C22H21N7O2/c1-13-19(31-21(26-13)22(2,3)11-23)20(30)28-9-7-15-17(25-12-24-15)18(28)16-10-14-6-4-5-8-29(14)27-16/h4-6,8,10,12,18H,7,9H2,1-3H3,(H,24,25)/t18-/m0/s1. The number of imidazole rings is 1. The van der Waals surface area contributed by atoms with Crippen LogP contribution in [0.3, 0.4) is 0 Å². The fourth-order valence-electron chi connectivity index (χ4n) is 3.93. The lowest BCUT2D eigenvalue weighted by Crippen LogP contribution is -2.41. The number of aromatic amines is 1. The smallest absolute Gasteiger partial charge is 0.292 e. The Balaban J connectivity index is 1.59. The number of carbonyl (C=O) groups excluding carboxylic acids is 1. The Kier molecular flexibility index (Phi) is 4.18. The maximum absolute atomic E-state index is 13.6. The van der Waals surface area contributed by atoms with E-state index in [1.165, 1.54) is 0 Å². The molecule has 1 atom stereocenters. The number of nitrogens with one attached hydrogen (secondary N) is 1. The summed E-state index contributed by atoms with van der Waals surface area (Å²) in [5.74, 6) is 0.0874. The van der Waals surface area contributed by atoms with Gasteiger partial charge in [-0.3, -0.25) is 4.79 Å². The highest BCUT2D eigenvalue weighted by atomic mass is 16.4. The Morgan fingerprint density at radius 1 is 1.39 bits per heavy atom. The first-order valence-corrected chi connectivity index (χ1v) is 10.1. The first-order chi connectivity index (χ1) is 14.9. The van der Waals surface area contributed by atoms with E-state index in [0.717, 1.165) is 22.6 Å². The first kappa shape index (κ1) is 19.1. The second-order valence-electron chi connectivity index (χ2n) is 8.23. The number of fused-ring (bicyclic) bond motifs is 2. The van der Waals surface area contributed by atoms with E-state index in [0.29, 0.717) is 18.7 Å². The average Bonchev–Trinajstić information content (AvgIpc) is 3.49. The van der Waals surface area contributed by atoms with Gasteiger partial charge in [-0.05, 0) is 39.0 Å². The zero-order valence-electron chi connectivity index (χ0n) is 17.5. The highest BCUT2D eigenvalue weighted by molar-refractivity contribution is 5.93. The Morgan fingerprint density at radius 3 is 3.00 bits per heavy atom. The number of nitriles is 1. The molecule has 1 N–H and O–H groups in total. The van der Waals surface area contributed by atoms with Crippen molar-refractivity contribution in [3.05, 3.63) is 71.2 Å². The Morgan fingerprint density at radius 2 is 2.23 bits per heavy atom. The molecule has 0 fully saturated rings. The molecule has 0 radical (unpaired) electrons. The monoisotopic (exact) mass is 415 g/mol. The number of hydrogen-bond donors (Lipinski definition) is 1. The molecule has 1 amide bonds. The van der Waals surface area contributed by atoms with Crippen LogP contribution < -0.4 is 0 Å². The van der Waals surface area contributed by atoms with Crippen LogP contribution in [0, 0.1) is 18.3 Å². The molecule has 0 aromatic carbocycles. The number of rotatable bonds is 3. The summed E-state index contributed by atoms with van der Waals surface area (Å²) in [6.45, 7) is 5.62. The maximum atomic E-state index is 13.6. The van der Waals surface area contributed by atoms with Gasteiger partial charge in [-0.1, -0.05) is 6.07 Å². The predicted molar refractivity (Wildman–Crippen MR) is 110 cm³/mol. The molecule has 4 aromatic heterocycles. The van der Waals surface area contributed by atoms with E-state index in [9.17, 15) is 10.1 Å². The topological polar surface area (TPSA) is 116 Å². The highest BCUT2D eigenvalue weighted by Crippen LogP contribution is 2.35. The zero-order chi connectivity index (χ0) is 21.8. The van der Waals surface area contributed by atoms with Crippen molar-refractivity contribution in [1.82, 2.24) is 29.5 Å². The van der Waals surface area contributed by atoms with E-state index >= 15 is 0 Å². The SMILES string of the molecule is Cc1nc(C(C)(C)C#N)oc1C(=O)N1CCc2[nH]cnc2[C@@H]1c1cc2ccccn2n1. The number of oxazole rings is 1.